The van der Waals surface area contributed by atoms with Crippen molar-refractivity contribution in [3.8, 4) is 6.07 Å². The predicted octanol–water partition coefficient (Wildman–Crippen LogP) is 1.95. The summed E-state index contributed by atoms with van der Waals surface area (Å²) in [5.41, 5.74) is 0.244. The van der Waals surface area contributed by atoms with Crippen LogP contribution in [0.1, 0.15) is 17.5 Å². The molecule has 0 aliphatic rings. The summed E-state index contributed by atoms with van der Waals surface area (Å²) in [6.07, 6.45) is 2.46. The average Bonchev–Trinajstić information content (AvgIpc) is 2.28. The highest BCUT2D eigenvalue weighted by molar-refractivity contribution is 5.71. The van der Waals surface area contributed by atoms with Gasteiger partial charge in [0.25, 0.3) is 5.69 Å². The molecule has 0 radical (unpaired) electrons. The zero-order chi connectivity index (χ0) is 12.8. The summed E-state index contributed by atoms with van der Waals surface area (Å²) in [4.78, 5) is 20.4. The highest BCUT2D eigenvalue weighted by Crippen LogP contribution is 2.21. The van der Waals surface area contributed by atoms with E-state index in [9.17, 15) is 14.9 Å². The van der Waals surface area contributed by atoms with Crippen molar-refractivity contribution in [2.45, 2.75) is 6.42 Å². The molecule has 1 rings (SSSR count). The van der Waals surface area contributed by atoms with Gasteiger partial charge in [-0.2, -0.15) is 5.26 Å². The molecule has 0 saturated heterocycles. The van der Waals surface area contributed by atoms with E-state index in [1.807, 2.05) is 0 Å². The van der Waals surface area contributed by atoms with Crippen LogP contribution < -0.4 is 0 Å². The van der Waals surface area contributed by atoms with Crippen LogP contribution >= 0.6 is 0 Å². The standard InChI is InChI=1S/C11H8N2O4/c12-7-8-4-5-9(2-1-3-11(14)15)10(6-8)13(16)17/h1-2,4-6H,3H2,(H,14,15). The number of rotatable bonds is 4. The molecule has 1 N–H and O–H groups in total. The molecule has 6 heteroatoms. The number of nitriles is 1. The number of carboxylic acid groups (broad SMARTS) is 1. The molecule has 1 aromatic rings. The van der Waals surface area contributed by atoms with E-state index in [1.54, 1.807) is 6.07 Å². The van der Waals surface area contributed by atoms with Gasteiger partial charge in [0.2, 0.25) is 0 Å². The maximum absolute atomic E-state index is 10.7. The Labute approximate surface area is 96.6 Å². The van der Waals surface area contributed by atoms with Crippen molar-refractivity contribution in [2.75, 3.05) is 0 Å². The molecular formula is C11H8N2O4. The fourth-order valence-electron chi connectivity index (χ4n) is 1.20. The van der Waals surface area contributed by atoms with E-state index in [2.05, 4.69) is 0 Å². The molecule has 0 saturated carbocycles. The highest BCUT2D eigenvalue weighted by atomic mass is 16.6. The van der Waals surface area contributed by atoms with E-state index < -0.39 is 10.9 Å². The van der Waals surface area contributed by atoms with Gasteiger partial charge in [0.05, 0.1) is 28.5 Å². The van der Waals surface area contributed by atoms with Crippen molar-refractivity contribution in [1.82, 2.24) is 0 Å². The molecule has 6 nitrogen and oxygen atoms in total. The van der Waals surface area contributed by atoms with E-state index in [0.29, 0.717) is 0 Å². The quantitative estimate of drug-likeness (QED) is 0.631. The minimum absolute atomic E-state index is 0.187. The van der Waals surface area contributed by atoms with Gasteiger partial charge in [0.15, 0.2) is 0 Å². The van der Waals surface area contributed by atoms with Crippen molar-refractivity contribution in [1.29, 1.82) is 5.26 Å². The molecule has 0 spiro atoms. The molecule has 0 aromatic heterocycles. The van der Waals surface area contributed by atoms with E-state index >= 15 is 0 Å². The van der Waals surface area contributed by atoms with Crippen LogP contribution in [-0.4, -0.2) is 16.0 Å². The van der Waals surface area contributed by atoms with E-state index in [1.165, 1.54) is 24.3 Å². The maximum Gasteiger partial charge on any atom is 0.307 e. The van der Waals surface area contributed by atoms with Crippen LogP contribution in [0.5, 0.6) is 0 Å². The van der Waals surface area contributed by atoms with Gasteiger partial charge < -0.3 is 5.11 Å². The maximum atomic E-state index is 10.7. The fourth-order valence-corrected chi connectivity index (χ4v) is 1.20. The molecular weight excluding hydrogens is 224 g/mol. The van der Waals surface area contributed by atoms with E-state index in [4.69, 9.17) is 10.4 Å². The van der Waals surface area contributed by atoms with Crippen molar-refractivity contribution >= 4 is 17.7 Å². The summed E-state index contributed by atoms with van der Waals surface area (Å²) in [7, 11) is 0. The summed E-state index contributed by atoms with van der Waals surface area (Å²) in [5, 5.41) is 27.8. The summed E-state index contributed by atoms with van der Waals surface area (Å²) in [6.45, 7) is 0. The Morgan fingerprint density at radius 1 is 1.59 bits per heavy atom. The molecule has 0 aliphatic heterocycles. The van der Waals surface area contributed by atoms with Gasteiger partial charge in [-0.1, -0.05) is 12.2 Å². The van der Waals surface area contributed by atoms with Gasteiger partial charge in [0.1, 0.15) is 0 Å². The van der Waals surface area contributed by atoms with Crippen LogP contribution in [0.25, 0.3) is 6.08 Å². The number of nitro groups is 1. The lowest BCUT2D eigenvalue weighted by molar-refractivity contribution is -0.385. The molecule has 0 unspecified atom stereocenters. The molecule has 1 aromatic carbocycles. The second-order valence-electron chi connectivity index (χ2n) is 3.14. The Hall–Kier alpha value is -2.68. The van der Waals surface area contributed by atoms with Gasteiger partial charge in [0, 0.05) is 6.07 Å². The largest absolute Gasteiger partial charge is 0.481 e. The first-order valence-corrected chi connectivity index (χ1v) is 4.61. The monoisotopic (exact) mass is 232 g/mol. The highest BCUT2D eigenvalue weighted by Gasteiger charge is 2.12. The Morgan fingerprint density at radius 3 is 2.82 bits per heavy atom. The molecule has 0 heterocycles. The zero-order valence-electron chi connectivity index (χ0n) is 8.66. The van der Waals surface area contributed by atoms with Gasteiger partial charge in [-0.25, -0.2) is 0 Å². The molecule has 0 bridgehead atoms. The van der Waals surface area contributed by atoms with Crippen molar-refractivity contribution in [2.24, 2.45) is 0 Å². The number of hydrogen-bond acceptors (Lipinski definition) is 4. The molecule has 0 atom stereocenters. The van der Waals surface area contributed by atoms with Crippen molar-refractivity contribution in [3.63, 3.8) is 0 Å². The lowest BCUT2D eigenvalue weighted by atomic mass is 10.1. The van der Waals surface area contributed by atoms with Crippen LogP contribution in [0, 0.1) is 21.4 Å². The zero-order valence-corrected chi connectivity index (χ0v) is 8.66. The third-order valence-electron chi connectivity index (χ3n) is 1.95. The second kappa shape index (κ2) is 5.42. The lowest BCUT2D eigenvalue weighted by Gasteiger charge is -1.97. The number of aliphatic carboxylic acids is 1. The van der Waals surface area contributed by atoms with Gasteiger partial charge in [-0.05, 0) is 12.1 Å². The minimum atomic E-state index is -1.02. The Bertz CT molecular complexity index is 529. The molecule has 0 fully saturated rings. The van der Waals surface area contributed by atoms with Gasteiger partial charge in [-0.3, -0.25) is 14.9 Å². The SMILES string of the molecule is N#Cc1ccc(C=CCC(=O)O)c([N+](=O)[O-])c1. The third kappa shape index (κ3) is 3.43. The van der Waals surface area contributed by atoms with Crippen LogP contribution in [0.15, 0.2) is 24.3 Å². The first-order valence-electron chi connectivity index (χ1n) is 4.61. The van der Waals surface area contributed by atoms with Crippen LogP contribution in [0.2, 0.25) is 0 Å². The Kier molecular flexibility index (Phi) is 3.95. The minimum Gasteiger partial charge on any atom is -0.481 e. The Morgan fingerprint density at radius 2 is 2.29 bits per heavy atom. The van der Waals surface area contributed by atoms with E-state index in [-0.39, 0.29) is 23.2 Å². The molecule has 0 aliphatic carbocycles. The van der Waals surface area contributed by atoms with Crippen LogP contribution in [-0.2, 0) is 4.79 Å². The number of carboxylic acids is 1. The summed E-state index contributed by atoms with van der Waals surface area (Å²) in [5.74, 6) is -1.02. The van der Waals surface area contributed by atoms with Crippen molar-refractivity contribution in [3.05, 3.63) is 45.5 Å². The normalized spacial score (nSPS) is 10.1. The number of carbonyl (C=O) groups is 1. The van der Waals surface area contributed by atoms with Crippen molar-refractivity contribution < 1.29 is 14.8 Å². The summed E-state index contributed by atoms with van der Waals surface area (Å²) < 4.78 is 0. The number of benzene rings is 1. The molecule has 17 heavy (non-hydrogen) atoms. The van der Waals surface area contributed by atoms with E-state index in [0.717, 1.165) is 6.07 Å². The van der Waals surface area contributed by atoms with Gasteiger partial charge in [-0.15, -0.1) is 0 Å². The lowest BCUT2D eigenvalue weighted by Crippen LogP contribution is -1.93. The molecule has 0 amide bonds. The first-order chi connectivity index (χ1) is 8.04. The average molecular weight is 232 g/mol. The Balaban J connectivity index is 3.07. The topological polar surface area (TPSA) is 104 Å². The number of hydrogen-bond donors (Lipinski definition) is 1. The first kappa shape index (κ1) is 12.4. The molecule has 86 valence electrons. The number of nitrogens with zero attached hydrogens (tertiary/aromatic N) is 2. The van der Waals surface area contributed by atoms with Gasteiger partial charge >= 0.3 is 5.97 Å². The smallest absolute Gasteiger partial charge is 0.307 e. The number of nitro benzene ring substituents is 1. The third-order valence-corrected chi connectivity index (χ3v) is 1.95. The summed E-state index contributed by atoms with van der Waals surface area (Å²) in [6, 6.07) is 5.80. The van der Waals surface area contributed by atoms with Crippen LogP contribution in [0.4, 0.5) is 5.69 Å². The summed E-state index contributed by atoms with van der Waals surface area (Å²) >= 11 is 0. The van der Waals surface area contributed by atoms with Crippen LogP contribution in [0.3, 0.4) is 0 Å². The predicted molar refractivity (Wildman–Crippen MR) is 59.1 cm³/mol. The second-order valence-corrected chi connectivity index (χ2v) is 3.14. The fraction of sp³-hybridized carbons (Fsp3) is 0.0909.